The molecule has 158 valence electrons. The summed E-state index contributed by atoms with van der Waals surface area (Å²) >= 11 is 0. The Hall–Kier alpha value is -2.15. The number of non-ortho nitro benzene ring substituents is 1. The molecule has 0 bridgehead atoms. The predicted octanol–water partition coefficient (Wildman–Crippen LogP) is 4.17. The van der Waals surface area contributed by atoms with Crippen LogP contribution in [0.3, 0.4) is 0 Å². The Morgan fingerprint density at radius 2 is 1.72 bits per heavy atom. The minimum Gasteiger partial charge on any atom is -0.444 e. The number of nitro benzene ring substituents is 1. The van der Waals surface area contributed by atoms with Crippen LogP contribution in [0.15, 0.2) is 24.3 Å². The highest BCUT2D eigenvalue weighted by Gasteiger charge is 2.55. The highest BCUT2D eigenvalue weighted by atomic mass is 16.6. The smallest absolute Gasteiger partial charge is 0.410 e. The van der Waals surface area contributed by atoms with Gasteiger partial charge in [-0.15, -0.1) is 0 Å². The van der Waals surface area contributed by atoms with Gasteiger partial charge >= 0.3 is 6.09 Å². The first-order valence-electron chi connectivity index (χ1n) is 10.6. The van der Waals surface area contributed by atoms with Gasteiger partial charge in [0.1, 0.15) is 5.60 Å². The number of hydrogen-bond acceptors (Lipinski definition) is 5. The van der Waals surface area contributed by atoms with Gasteiger partial charge in [0.2, 0.25) is 0 Å². The number of rotatable bonds is 3. The van der Waals surface area contributed by atoms with E-state index in [2.05, 4.69) is 4.90 Å². The second kappa shape index (κ2) is 7.27. The van der Waals surface area contributed by atoms with Crippen molar-refractivity contribution in [3.05, 3.63) is 39.9 Å². The van der Waals surface area contributed by atoms with Crippen LogP contribution in [0.5, 0.6) is 0 Å². The van der Waals surface area contributed by atoms with Gasteiger partial charge in [-0.3, -0.25) is 10.1 Å². The van der Waals surface area contributed by atoms with Crippen LogP contribution in [0.2, 0.25) is 0 Å². The molecule has 0 unspecified atom stereocenters. The number of carbonyl (C=O) groups excluding carboxylic acids is 1. The molecule has 0 aromatic heterocycles. The number of likely N-dealkylation sites (tertiary alicyclic amines) is 2. The Bertz CT molecular complexity index is 764. The minimum atomic E-state index is -0.435. The van der Waals surface area contributed by atoms with Crippen molar-refractivity contribution >= 4 is 11.8 Å². The van der Waals surface area contributed by atoms with E-state index >= 15 is 0 Å². The number of amides is 1. The molecule has 0 N–H and O–H groups in total. The zero-order valence-corrected chi connectivity index (χ0v) is 17.6. The lowest BCUT2D eigenvalue weighted by Crippen LogP contribution is -2.68. The average Bonchev–Trinajstić information content (AvgIpc) is 2.58. The second-order valence-corrected chi connectivity index (χ2v) is 10.1. The van der Waals surface area contributed by atoms with Crippen LogP contribution >= 0.6 is 0 Å². The number of nitro groups is 1. The molecule has 2 heterocycles. The van der Waals surface area contributed by atoms with Crippen molar-refractivity contribution in [2.45, 2.75) is 64.0 Å². The lowest BCUT2D eigenvalue weighted by Gasteiger charge is -2.61. The monoisotopic (exact) mass is 401 g/mol. The van der Waals surface area contributed by atoms with Crippen molar-refractivity contribution in [1.82, 2.24) is 9.80 Å². The standard InChI is InChI=1S/C22H31N3O4/c1-21(2,3)29-20(26)24-14-22(15-24)12-19(13-22)23-10-8-17(9-11-23)16-4-6-18(7-5-16)25(27)28/h4-7,17,19H,8-15H2,1-3H3. The summed E-state index contributed by atoms with van der Waals surface area (Å²) in [4.78, 5) is 27.0. The van der Waals surface area contributed by atoms with Crippen LogP contribution in [0.4, 0.5) is 10.5 Å². The predicted molar refractivity (Wildman–Crippen MR) is 110 cm³/mol. The Labute approximate surface area is 172 Å². The maximum atomic E-state index is 12.1. The number of benzene rings is 1. The van der Waals surface area contributed by atoms with Gasteiger partial charge in [0.05, 0.1) is 4.92 Å². The molecule has 1 spiro atoms. The molecule has 3 fully saturated rings. The van der Waals surface area contributed by atoms with Crippen LogP contribution in [-0.4, -0.2) is 58.6 Å². The van der Waals surface area contributed by atoms with Crippen molar-refractivity contribution < 1.29 is 14.5 Å². The molecule has 1 aromatic carbocycles. The van der Waals surface area contributed by atoms with Gasteiger partial charge in [0.25, 0.3) is 5.69 Å². The van der Waals surface area contributed by atoms with Gasteiger partial charge in [-0.1, -0.05) is 12.1 Å². The highest BCUT2D eigenvalue weighted by Crippen LogP contribution is 2.51. The molecule has 0 atom stereocenters. The quantitative estimate of drug-likeness (QED) is 0.561. The molecule has 2 aliphatic heterocycles. The number of piperidine rings is 1. The zero-order chi connectivity index (χ0) is 20.8. The molecule has 1 aliphatic carbocycles. The number of hydrogen-bond donors (Lipinski definition) is 0. The van der Waals surface area contributed by atoms with Gasteiger partial charge in [-0.25, -0.2) is 4.79 Å². The van der Waals surface area contributed by atoms with Crippen molar-refractivity contribution in [3.63, 3.8) is 0 Å². The molecule has 1 amide bonds. The molecule has 4 rings (SSSR count). The molecule has 7 heteroatoms. The van der Waals surface area contributed by atoms with Crippen LogP contribution in [-0.2, 0) is 4.74 Å². The molecule has 29 heavy (non-hydrogen) atoms. The number of nitrogens with zero attached hydrogens (tertiary/aromatic N) is 3. The fourth-order valence-corrected chi connectivity index (χ4v) is 5.14. The van der Waals surface area contributed by atoms with Gasteiger partial charge < -0.3 is 14.5 Å². The molecule has 1 saturated carbocycles. The maximum absolute atomic E-state index is 12.1. The topological polar surface area (TPSA) is 75.9 Å². The van der Waals surface area contributed by atoms with E-state index < -0.39 is 5.60 Å². The summed E-state index contributed by atoms with van der Waals surface area (Å²) in [6.45, 7) is 9.53. The largest absolute Gasteiger partial charge is 0.444 e. The zero-order valence-electron chi connectivity index (χ0n) is 17.6. The van der Waals surface area contributed by atoms with Crippen LogP contribution in [0, 0.1) is 15.5 Å². The van der Waals surface area contributed by atoms with Gasteiger partial charge in [0, 0.05) is 36.7 Å². The Kier molecular flexibility index (Phi) is 5.05. The van der Waals surface area contributed by atoms with E-state index in [9.17, 15) is 14.9 Å². The summed E-state index contributed by atoms with van der Waals surface area (Å²) in [6.07, 6.45) is 4.37. The average molecular weight is 402 g/mol. The van der Waals surface area contributed by atoms with Crippen molar-refractivity contribution in [3.8, 4) is 0 Å². The number of carbonyl (C=O) groups is 1. The SMILES string of the molecule is CC(C)(C)OC(=O)N1CC2(CC(N3CCC(c4ccc([N+](=O)[O-])cc4)CC3)C2)C1. The molecule has 3 aliphatic rings. The van der Waals surface area contributed by atoms with E-state index in [1.165, 1.54) is 18.4 Å². The van der Waals surface area contributed by atoms with E-state index in [-0.39, 0.29) is 16.7 Å². The summed E-state index contributed by atoms with van der Waals surface area (Å²) < 4.78 is 5.46. The van der Waals surface area contributed by atoms with E-state index in [1.54, 1.807) is 12.1 Å². The molecule has 2 saturated heterocycles. The summed E-state index contributed by atoms with van der Waals surface area (Å²) in [5, 5.41) is 10.8. The van der Waals surface area contributed by atoms with E-state index in [4.69, 9.17) is 4.74 Å². The van der Waals surface area contributed by atoms with Crippen LogP contribution < -0.4 is 0 Å². The van der Waals surface area contributed by atoms with Crippen molar-refractivity contribution in [2.75, 3.05) is 26.2 Å². The van der Waals surface area contributed by atoms with Gasteiger partial charge in [-0.05, 0) is 71.0 Å². The molecule has 7 nitrogen and oxygen atoms in total. The molecule has 1 aromatic rings. The molecular weight excluding hydrogens is 370 g/mol. The summed E-state index contributed by atoms with van der Waals surface area (Å²) in [5.41, 5.74) is 1.26. The van der Waals surface area contributed by atoms with Crippen LogP contribution in [0.25, 0.3) is 0 Å². The second-order valence-electron chi connectivity index (χ2n) is 10.1. The summed E-state index contributed by atoms with van der Waals surface area (Å²) in [7, 11) is 0. The van der Waals surface area contributed by atoms with E-state index in [0.717, 1.165) is 39.0 Å². The Balaban J connectivity index is 1.21. The Morgan fingerprint density at radius 1 is 1.14 bits per heavy atom. The molecular formula is C22H31N3O4. The maximum Gasteiger partial charge on any atom is 0.410 e. The fourth-order valence-electron chi connectivity index (χ4n) is 5.14. The third kappa shape index (κ3) is 4.25. The van der Waals surface area contributed by atoms with E-state index in [1.807, 2.05) is 37.8 Å². The normalized spacial score (nSPS) is 22.8. The first-order chi connectivity index (χ1) is 13.6. The van der Waals surface area contributed by atoms with E-state index in [0.29, 0.717) is 17.4 Å². The number of ether oxygens (including phenoxy) is 1. The Morgan fingerprint density at radius 3 is 2.24 bits per heavy atom. The molecule has 0 radical (unpaired) electrons. The fraction of sp³-hybridized carbons (Fsp3) is 0.682. The highest BCUT2D eigenvalue weighted by molar-refractivity contribution is 5.69. The summed E-state index contributed by atoms with van der Waals surface area (Å²) in [6, 6.07) is 7.69. The third-order valence-electron chi connectivity index (χ3n) is 6.66. The van der Waals surface area contributed by atoms with Gasteiger partial charge in [-0.2, -0.15) is 0 Å². The lowest BCUT2D eigenvalue weighted by atomic mass is 9.60. The minimum absolute atomic E-state index is 0.159. The van der Waals surface area contributed by atoms with Crippen LogP contribution in [0.1, 0.15) is 57.9 Å². The van der Waals surface area contributed by atoms with Crippen molar-refractivity contribution in [2.24, 2.45) is 5.41 Å². The third-order valence-corrected chi connectivity index (χ3v) is 6.66. The van der Waals surface area contributed by atoms with Gasteiger partial charge in [0.15, 0.2) is 0 Å². The first-order valence-corrected chi connectivity index (χ1v) is 10.6. The lowest BCUT2D eigenvalue weighted by molar-refractivity contribution is -0.384. The summed E-state index contributed by atoms with van der Waals surface area (Å²) in [5.74, 6) is 0.493. The first kappa shape index (κ1) is 20.1. The van der Waals surface area contributed by atoms with Crippen molar-refractivity contribution in [1.29, 1.82) is 0 Å².